The zero-order chi connectivity index (χ0) is 14.8. The zero-order valence-electron chi connectivity index (χ0n) is 10.7. The van der Waals surface area contributed by atoms with Gasteiger partial charge in [-0.05, 0) is 18.2 Å². The molecule has 0 saturated heterocycles. The van der Waals surface area contributed by atoms with Crippen LogP contribution >= 0.6 is 0 Å². The number of para-hydroxylation sites is 1. The van der Waals surface area contributed by atoms with Crippen molar-refractivity contribution in [3.05, 3.63) is 59.0 Å². The maximum atomic E-state index is 13.4. The van der Waals surface area contributed by atoms with Gasteiger partial charge in [0.2, 0.25) is 5.91 Å². The Hall–Kier alpha value is -3.03. The molecule has 1 amide bonds. The molecule has 0 aliphatic carbocycles. The predicted octanol–water partition coefficient (Wildman–Crippen LogP) is 0.669. The van der Waals surface area contributed by atoms with Crippen molar-refractivity contribution in [3.8, 4) is 0 Å². The van der Waals surface area contributed by atoms with Gasteiger partial charge in [-0.1, -0.05) is 12.1 Å². The summed E-state index contributed by atoms with van der Waals surface area (Å²) in [6, 6.07) is 7.36. The van der Waals surface area contributed by atoms with E-state index in [1.54, 1.807) is 12.1 Å². The Morgan fingerprint density at radius 2 is 2.10 bits per heavy atom. The molecule has 0 radical (unpaired) electrons. The molecule has 1 N–H and O–H groups in total. The average Bonchev–Trinajstić information content (AvgIpc) is 2.78. The molecule has 1 aromatic carbocycles. The van der Waals surface area contributed by atoms with Gasteiger partial charge in [-0.15, -0.1) is 5.10 Å². The predicted molar refractivity (Wildman–Crippen MR) is 72.3 cm³/mol. The third kappa shape index (κ3) is 2.50. The van der Waals surface area contributed by atoms with E-state index in [4.69, 9.17) is 0 Å². The molecule has 2 heterocycles. The number of amides is 1. The van der Waals surface area contributed by atoms with Gasteiger partial charge >= 0.3 is 5.69 Å². The lowest BCUT2D eigenvalue weighted by molar-refractivity contribution is -0.117. The molecule has 0 bridgehead atoms. The van der Waals surface area contributed by atoms with Crippen LogP contribution in [0.5, 0.6) is 0 Å². The largest absolute Gasteiger partial charge is 0.352 e. The number of fused-ring (bicyclic) bond motifs is 1. The summed E-state index contributed by atoms with van der Waals surface area (Å²) in [6.45, 7) is -0.323. The lowest BCUT2D eigenvalue weighted by Gasteiger charge is -2.05. The molecule has 0 aliphatic heterocycles. The van der Waals surface area contributed by atoms with Crippen molar-refractivity contribution >= 4 is 17.4 Å². The third-order valence-corrected chi connectivity index (χ3v) is 2.81. The number of nitrogens with one attached hydrogen (secondary N) is 1. The Labute approximate surface area is 117 Å². The van der Waals surface area contributed by atoms with Gasteiger partial charge in [0.15, 0.2) is 0 Å². The standard InChI is InChI=1S/C13H10FN5O2/c14-9-4-1-2-5-10(9)16-11(20)8-19-13(21)18-7-3-6-15-12(18)17-19/h1-7H,8H2,(H,16,20). The minimum absolute atomic E-state index is 0.0532. The monoisotopic (exact) mass is 287 g/mol. The van der Waals surface area contributed by atoms with Crippen molar-refractivity contribution in [2.24, 2.45) is 0 Å². The first-order valence-electron chi connectivity index (χ1n) is 6.10. The van der Waals surface area contributed by atoms with Crippen LogP contribution in [0, 0.1) is 5.82 Å². The summed E-state index contributed by atoms with van der Waals surface area (Å²) in [5, 5.41) is 6.30. The summed E-state index contributed by atoms with van der Waals surface area (Å²) < 4.78 is 15.6. The fourth-order valence-electron chi connectivity index (χ4n) is 1.85. The van der Waals surface area contributed by atoms with Crippen LogP contribution in [0.15, 0.2) is 47.5 Å². The number of aromatic nitrogens is 4. The second kappa shape index (κ2) is 5.16. The molecule has 0 atom stereocenters. The third-order valence-electron chi connectivity index (χ3n) is 2.81. The van der Waals surface area contributed by atoms with Crippen molar-refractivity contribution < 1.29 is 9.18 Å². The summed E-state index contributed by atoms with van der Waals surface area (Å²) >= 11 is 0. The lowest BCUT2D eigenvalue weighted by atomic mass is 10.3. The first-order valence-corrected chi connectivity index (χ1v) is 6.10. The number of hydrogen-bond donors (Lipinski definition) is 1. The Morgan fingerprint density at radius 1 is 1.29 bits per heavy atom. The van der Waals surface area contributed by atoms with Gasteiger partial charge in [-0.2, -0.15) is 0 Å². The van der Waals surface area contributed by atoms with E-state index >= 15 is 0 Å². The SMILES string of the molecule is O=C(Cn1nc2ncccn2c1=O)Nc1ccccc1F. The summed E-state index contributed by atoms with van der Waals surface area (Å²) in [7, 11) is 0. The highest BCUT2D eigenvalue weighted by Gasteiger charge is 2.12. The maximum absolute atomic E-state index is 13.4. The smallest absolute Gasteiger partial charge is 0.322 e. The van der Waals surface area contributed by atoms with E-state index < -0.39 is 17.4 Å². The Bertz CT molecular complexity index is 870. The summed E-state index contributed by atoms with van der Waals surface area (Å²) in [5.41, 5.74) is -0.431. The van der Waals surface area contributed by atoms with Crippen LogP contribution in [0.4, 0.5) is 10.1 Å². The molecule has 7 nitrogen and oxygen atoms in total. The molecule has 0 spiro atoms. The van der Waals surface area contributed by atoms with Crippen LogP contribution in [0.25, 0.3) is 5.78 Å². The van der Waals surface area contributed by atoms with Crippen molar-refractivity contribution in [1.82, 2.24) is 19.2 Å². The highest BCUT2D eigenvalue weighted by atomic mass is 19.1. The van der Waals surface area contributed by atoms with Gasteiger partial charge in [0.1, 0.15) is 12.4 Å². The average molecular weight is 287 g/mol. The van der Waals surface area contributed by atoms with E-state index in [9.17, 15) is 14.0 Å². The van der Waals surface area contributed by atoms with Crippen molar-refractivity contribution in [2.45, 2.75) is 6.54 Å². The highest BCUT2D eigenvalue weighted by molar-refractivity contribution is 5.90. The van der Waals surface area contributed by atoms with Crippen molar-refractivity contribution in [2.75, 3.05) is 5.32 Å². The van der Waals surface area contributed by atoms with Gasteiger partial charge < -0.3 is 5.32 Å². The Balaban J connectivity index is 1.82. The maximum Gasteiger partial charge on any atom is 0.352 e. The van der Waals surface area contributed by atoms with E-state index in [0.29, 0.717) is 0 Å². The summed E-state index contributed by atoms with van der Waals surface area (Å²) in [4.78, 5) is 27.7. The second-order valence-electron chi connectivity index (χ2n) is 4.26. The van der Waals surface area contributed by atoms with Crippen molar-refractivity contribution in [3.63, 3.8) is 0 Å². The number of carbonyl (C=O) groups is 1. The number of carbonyl (C=O) groups excluding carboxylic acids is 1. The van der Waals surface area contributed by atoms with Crippen LogP contribution in [0.3, 0.4) is 0 Å². The van der Waals surface area contributed by atoms with Gasteiger partial charge in [0.25, 0.3) is 5.78 Å². The van der Waals surface area contributed by atoms with Gasteiger partial charge in [-0.3, -0.25) is 4.79 Å². The molecule has 0 fully saturated rings. The number of nitrogens with zero attached hydrogens (tertiary/aromatic N) is 4. The molecule has 106 valence electrons. The first kappa shape index (κ1) is 13.0. The van der Waals surface area contributed by atoms with Gasteiger partial charge in [-0.25, -0.2) is 23.3 Å². The summed E-state index contributed by atoms with van der Waals surface area (Å²) in [6.07, 6.45) is 2.99. The van der Waals surface area contributed by atoms with E-state index in [1.807, 2.05) is 0 Å². The van der Waals surface area contributed by atoms with Crippen LogP contribution in [0.2, 0.25) is 0 Å². The number of halogens is 1. The minimum Gasteiger partial charge on any atom is -0.322 e. The molecular weight excluding hydrogens is 277 g/mol. The quantitative estimate of drug-likeness (QED) is 0.767. The van der Waals surface area contributed by atoms with E-state index in [2.05, 4.69) is 15.4 Å². The zero-order valence-corrected chi connectivity index (χ0v) is 10.7. The minimum atomic E-state index is -0.550. The van der Waals surface area contributed by atoms with Gasteiger partial charge in [0.05, 0.1) is 5.69 Å². The Kier molecular flexibility index (Phi) is 3.19. The highest BCUT2D eigenvalue weighted by Crippen LogP contribution is 2.12. The molecule has 8 heteroatoms. The normalized spacial score (nSPS) is 10.7. The Morgan fingerprint density at radius 3 is 2.86 bits per heavy atom. The number of anilines is 1. The van der Waals surface area contributed by atoms with E-state index in [1.165, 1.54) is 35.0 Å². The van der Waals surface area contributed by atoms with Crippen LogP contribution in [0.1, 0.15) is 0 Å². The van der Waals surface area contributed by atoms with Crippen LogP contribution in [-0.2, 0) is 11.3 Å². The molecule has 3 aromatic rings. The number of rotatable bonds is 3. The lowest BCUT2D eigenvalue weighted by Crippen LogP contribution is -2.28. The van der Waals surface area contributed by atoms with Crippen LogP contribution < -0.4 is 11.0 Å². The molecule has 2 aromatic heterocycles. The second-order valence-corrected chi connectivity index (χ2v) is 4.26. The van der Waals surface area contributed by atoms with Crippen LogP contribution in [-0.4, -0.2) is 25.1 Å². The van der Waals surface area contributed by atoms with Gasteiger partial charge in [0, 0.05) is 12.4 Å². The van der Waals surface area contributed by atoms with E-state index in [0.717, 1.165) is 4.68 Å². The molecule has 0 aliphatic rings. The van der Waals surface area contributed by atoms with Crippen molar-refractivity contribution in [1.29, 1.82) is 0 Å². The molecule has 0 unspecified atom stereocenters. The first-order chi connectivity index (χ1) is 10.1. The summed E-state index contributed by atoms with van der Waals surface area (Å²) in [5.74, 6) is -0.901. The fourth-order valence-corrected chi connectivity index (χ4v) is 1.85. The molecule has 0 saturated carbocycles. The molecule has 21 heavy (non-hydrogen) atoms. The molecular formula is C13H10FN5O2. The fraction of sp³-hybridized carbons (Fsp3) is 0.0769. The number of hydrogen-bond acceptors (Lipinski definition) is 4. The topological polar surface area (TPSA) is 81.3 Å². The molecule has 3 rings (SSSR count). The number of benzene rings is 1. The van der Waals surface area contributed by atoms with E-state index in [-0.39, 0.29) is 18.0 Å².